The van der Waals surface area contributed by atoms with E-state index in [1.165, 1.54) is 99.1 Å². The molecule has 11 aromatic rings. The van der Waals surface area contributed by atoms with Crippen molar-refractivity contribution in [2.75, 3.05) is 0 Å². The minimum atomic E-state index is 1.17. The normalized spacial score (nSPS) is 11.7. The first kappa shape index (κ1) is 30.5. The second-order valence-corrected chi connectivity index (χ2v) is 14.1. The van der Waals surface area contributed by atoms with Gasteiger partial charge in [-0.05, 0) is 70.1 Å². The minimum Gasteiger partial charge on any atom is -0.309 e. The monoisotopic (exact) mass is 686 g/mol. The molecule has 0 amide bonds. The van der Waals surface area contributed by atoms with Gasteiger partial charge in [-0.2, -0.15) is 0 Å². The summed E-state index contributed by atoms with van der Waals surface area (Å²) in [5.74, 6) is 0. The molecule has 0 radical (unpaired) electrons. The SMILES string of the molecule is c1ccc(-c2ccccc2-n2c3ccc(-c4ccc5c(c4)c4ccccc4n5-c4cccc5ccccc45)cc3c3cccc(-c4ccccc4)c32)cc1. The van der Waals surface area contributed by atoms with E-state index in [0.717, 1.165) is 0 Å². The predicted octanol–water partition coefficient (Wildman–Crippen LogP) is 14.0. The highest BCUT2D eigenvalue weighted by Gasteiger charge is 2.20. The number of fused-ring (bicyclic) bond motifs is 7. The Kier molecular flexibility index (Phi) is 6.90. The average molecular weight is 687 g/mol. The lowest BCUT2D eigenvalue weighted by Gasteiger charge is -2.16. The van der Waals surface area contributed by atoms with Crippen LogP contribution in [0.1, 0.15) is 0 Å². The topological polar surface area (TPSA) is 9.86 Å². The third kappa shape index (κ3) is 4.67. The van der Waals surface area contributed by atoms with Crippen molar-refractivity contribution in [1.29, 1.82) is 0 Å². The predicted molar refractivity (Wildman–Crippen MR) is 229 cm³/mol. The van der Waals surface area contributed by atoms with Crippen LogP contribution in [0, 0.1) is 0 Å². The van der Waals surface area contributed by atoms with Crippen LogP contribution in [-0.4, -0.2) is 9.13 Å². The van der Waals surface area contributed by atoms with E-state index in [4.69, 9.17) is 0 Å². The van der Waals surface area contributed by atoms with Gasteiger partial charge in [0.25, 0.3) is 0 Å². The number of aromatic nitrogens is 2. The summed E-state index contributed by atoms with van der Waals surface area (Å²) in [6.07, 6.45) is 0. The Balaban J connectivity index is 1.16. The van der Waals surface area contributed by atoms with Crippen LogP contribution in [0.3, 0.4) is 0 Å². The van der Waals surface area contributed by atoms with Gasteiger partial charge in [0.15, 0.2) is 0 Å². The Morgan fingerprint density at radius 1 is 0.259 bits per heavy atom. The number of hydrogen-bond acceptors (Lipinski definition) is 0. The van der Waals surface area contributed by atoms with Crippen molar-refractivity contribution in [2.24, 2.45) is 0 Å². The average Bonchev–Trinajstić information content (AvgIpc) is 3.76. The molecule has 0 bridgehead atoms. The van der Waals surface area contributed by atoms with Gasteiger partial charge in [0.2, 0.25) is 0 Å². The van der Waals surface area contributed by atoms with Crippen LogP contribution < -0.4 is 0 Å². The van der Waals surface area contributed by atoms with Gasteiger partial charge in [0, 0.05) is 38.1 Å². The zero-order valence-corrected chi connectivity index (χ0v) is 29.5. The molecule has 0 saturated heterocycles. The van der Waals surface area contributed by atoms with E-state index in [9.17, 15) is 0 Å². The molecule has 0 atom stereocenters. The van der Waals surface area contributed by atoms with Gasteiger partial charge in [0.1, 0.15) is 0 Å². The quantitative estimate of drug-likeness (QED) is 0.171. The second kappa shape index (κ2) is 12.2. The third-order valence-corrected chi connectivity index (χ3v) is 11.1. The Bertz CT molecular complexity index is 3200. The molecule has 54 heavy (non-hydrogen) atoms. The molecule has 0 fully saturated rings. The molecule has 0 unspecified atom stereocenters. The number of nitrogens with zero attached hydrogens (tertiary/aromatic N) is 2. The van der Waals surface area contributed by atoms with Crippen molar-refractivity contribution >= 4 is 54.4 Å². The van der Waals surface area contributed by atoms with Crippen LogP contribution in [0.2, 0.25) is 0 Å². The molecule has 0 N–H and O–H groups in total. The molecule has 2 heterocycles. The van der Waals surface area contributed by atoms with Crippen LogP contribution >= 0.6 is 0 Å². The molecule has 9 aromatic carbocycles. The summed E-state index contributed by atoms with van der Waals surface area (Å²) in [5, 5.41) is 7.47. The van der Waals surface area contributed by atoms with E-state index in [1.807, 2.05) is 0 Å². The Morgan fingerprint density at radius 3 is 1.54 bits per heavy atom. The van der Waals surface area contributed by atoms with Gasteiger partial charge in [0.05, 0.1) is 33.4 Å². The first-order chi connectivity index (χ1) is 26.8. The summed E-state index contributed by atoms with van der Waals surface area (Å²) in [4.78, 5) is 0. The van der Waals surface area contributed by atoms with Gasteiger partial charge < -0.3 is 9.13 Å². The fourth-order valence-corrected chi connectivity index (χ4v) is 8.70. The molecular weight excluding hydrogens is 653 g/mol. The number of para-hydroxylation sites is 3. The summed E-state index contributed by atoms with van der Waals surface area (Å²) >= 11 is 0. The highest BCUT2D eigenvalue weighted by molar-refractivity contribution is 6.16. The van der Waals surface area contributed by atoms with Crippen LogP contribution in [0.15, 0.2) is 206 Å². The van der Waals surface area contributed by atoms with Crippen molar-refractivity contribution in [3.05, 3.63) is 206 Å². The summed E-state index contributed by atoms with van der Waals surface area (Å²) in [6.45, 7) is 0. The summed E-state index contributed by atoms with van der Waals surface area (Å²) in [7, 11) is 0. The fourth-order valence-electron chi connectivity index (χ4n) is 8.70. The smallest absolute Gasteiger partial charge is 0.0619 e. The summed E-state index contributed by atoms with van der Waals surface area (Å²) < 4.78 is 4.92. The minimum absolute atomic E-state index is 1.17. The maximum atomic E-state index is 2.49. The van der Waals surface area contributed by atoms with Gasteiger partial charge >= 0.3 is 0 Å². The van der Waals surface area contributed by atoms with Crippen molar-refractivity contribution in [2.45, 2.75) is 0 Å². The summed E-state index contributed by atoms with van der Waals surface area (Å²) in [6, 6.07) is 75.2. The highest BCUT2D eigenvalue weighted by Crippen LogP contribution is 2.43. The number of benzene rings is 9. The van der Waals surface area contributed by atoms with Crippen molar-refractivity contribution in [1.82, 2.24) is 9.13 Å². The van der Waals surface area contributed by atoms with E-state index in [1.54, 1.807) is 0 Å². The van der Waals surface area contributed by atoms with Gasteiger partial charge in [-0.25, -0.2) is 0 Å². The zero-order valence-electron chi connectivity index (χ0n) is 29.5. The molecule has 2 heteroatoms. The maximum absolute atomic E-state index is 2.49. The molecule has 2 nitrogen and oxygen atoms in total. The Morgan fingerprint density at radius 2 is 0.759 bits per heavy atom. The van der Waals surface area contributed by atoms with E-state index in [-0.39, 0.29) is 0 Å². The van der Waals surface area contributed by atoms with Crippen molar-refractivity contribution in [3.8, 4) is 44.8 Å². The molecule has 0 spiro atoms. The van der Waals surface area contributed by atoms with Gasteiger partial charge in [-0.3, -0.25) is 0 Å². The van der Waals surface area contributed by atoms with Gasteiger partial charge in [-0.15, -0.1) is 0 Å². The molecular formula is C52H34N2. The van der Waals surface area contributed by atoms with Gasteiger partial charge in [-0.1, -0.05) is 164 Å². The Hall–Kier alpha value is -7.16. The molecule has 0 aliphatic heterocycles. The Labute approximate surface area is 313 Å². The lowest BCUT2D eigenvalue weighted by Crippen LogP contribution is -1.98. The van der Waals surface area contributed by atoms with E-state index in [2.05, 4.69) is 215 Å². The lowest BCUT2D eigenvalue weighted by molar-refractivity contribution is 1.18. The fraction of sp³-hybridized carbons (Fsp3) is 0. The first-order valence-electron chi connectivity index (χ1n) is 18.6. The highest BCUT2D eigenvalue weighted by atomic mass is 15.0. The van der Waals surface area contributed by atoms with E-state index >= 15 is 0 Å². The van der Waals surface area contributed by atoms with Crippen LogP contribution in [-0.2, 0) is 0 Å². The lowest BCUT2D eigenvalue weighted by atomic mass is 9.99. The number of rotatable bonds is 5. The standard InChI is InChI=1S/C52H34N2/c1-3-15-35(16-4-1)41-22-9-11-26-48(41)54-51-32-30-39(34-46(51)44-25-14-24-42(52(44)54)37-17-5-2-6-18-37)38-29-31-50-45(33-38)43-23-10-12-27-49(43)53(50)47-28-13-20-36-19-7-8-21-40(36)47/h1-34H. The molecule has 0 aliphatic rings. The summed E-state index contributed by atoms with van der Waals surface area (Å²) in [5.41, 5.74) is 14.4. The largest absolute Gasteiger partial charge is 0.309 e. The van der Waals surface area contributed by atoms with E-state index in [0.29, 0.717) is 0 Å². The number of hydrogen-bond donors (Lipinski definition) is 0. The van der Waals surface area contributed by atoms with Crippen LogP contribution in [0.25, 0.3) is 99.1 Å². The molecule has 0 saturated carbocycles. The molecule has 0 aliphatic carbocycles. The van der Waals surface area contributed by atoms with Crippen molar-refractivity contribution < 1.29 is 0 Å². The van der Waals surface area contributed by atoms with E-state index < -0.39 is 0 Å². The van der Waals surface area contributed by atoms with Crippen molar-refractivity contribution in [3.63, 3.8) is 0 Å². The first-order valence-corrected chi connectivity index (χ1v) is 18.6. The molecule has 2 aromatic heterocycles. The van der Waals surface area contributed by atoms with Crippen LogP contribution in [0.5, 0.6) is 0 Å². The molecule has 252 valence electrons. The second-order valence-electron chi connectivity index (χ2n) is 14.1. The van der Waals surface area contributed by atoms with Crippen LogP contribution in [0.4, 0.5) is 0 Å². The maximum Gasteiger partial charge on any atom is 0.0619 e. The third-order valence-electron chi connectivity index (χ3n) is 11.1. The molecule has 11 rings (SSSR count). The zero-order chi connectivity index (χ0) is 35.6.